The Morgan fingerprint density at radius 1 is 1.40 bits per heavy atom. The summed E-state index contributed by atoms with van der Waals surface area (Å²) < 4.78 is 0. The second kappa shape index (κ2) is 6.20. The van der Waals surface area contributed by atoms with Crippen LogP contribution in [0.15, 0.2) is 0 Å². The van der Waals surface area contributed by atoms with Crippen molar-refractivity contribution in [1.82, 2.24) is 9.88 Å². The number of carbonyl (C=O) groups is 1. The molecule has 1 atom stereocenters. The molecule has 20 heavy (non-hydrogen) atoms. The Kier molecular flexibility index (Phi) is 4.33. The van der Waals surface area contributed by atoms with E-state index in [1.807, 2.05) is 0 Å². The number of carbonyl (C=O) groups excluding carboxylic acids is 1. The fourth-order valence-corrected chi connectivity index (χ4v) is 4.12. The zero-order valence-electron chi connectivity index (χ0n) is 11.6. The molecule has 5 nitrogen and oxygen atoms in total. The van der Waals surface area contributed by atoms with Crippen LogP contribution in [0.2, 0.25) is 0 Å². The molecule has 0 saturated carbocycles. The average Bonchev–Trinajstić information content (AvgIpc) is 3.03. The van der Waals surface area contributed by atoms with Crippen molar-refractivity contribution < 1.29 is 9.90 Å². The van der Waals surface area contributed by atoms with Crippen LogP contribution in [0.5, 0.6) is 0 Å². The first-order valence-electron chi connectivity index (χ1n) is 7.39. The zero-order chi connectivity index (χ0) is 13.9. The standard InChI is InChI=1S/C14H21N3O2S/c18-9-10-4-3-7-17(10)8-13(19)16-14-15-11-5-1-2-6-12(11)20-14/h10,18H,1-9H2,(H,15,16,19). The zero-order valence-corrected chi connectivity index (χ0v) is 12.4. The van der Waals surface area contributed by atoms with Gasteiger partial charge in [0, 0.05) is 10.9 Å². The molecule has 1 saturated heterocycles. The van der Waals surface area contributed by atoms with Gasteiger partial charge in [0.1, 0.15) is 0 Å². The number of aromatic nitrogens is 1. The van der Waals surface area contributed by atoms with Gasteiger partial charge in [0.2, 0.25) is 5.91 Å². The predicted molar refractivity (Wildman–Crippen MR) is 79.1 cm³/mol. The van der Waals surface area contributed by atoms with E-state index in [9.17, 15) is 9.90 Å². The summed E-state index contributed by atoms with van der Waals surface area (Å²) in [5.41, 5.74) is 1.17. The van der Waals surface area contributed by atoms with Crippen LogP contribution in [0.25, 0.3) is 0 Å². The third kappa shape index (κ3) is 3.02. The number of nitrogens with one attached hydrogen (secondary N) is 1. The van der Waals surface area contributed by atoms with Crippen LogP contribution < -0.4 is 5.32 Å². The van der Waals surface area contributed by atoms with Crippen molar-refractivity contribution in [1.29, 1.82) is 0 Å². The molecule has 3 rings (SSSR count). The molecule has 1 aliphatic heterocycles. The fraction of sp³-hybridized carbons (Fsp3) is 0.714. The van der Waals surface area contributed by atoms with Crippen LogP contribution in [0.1, 0.15) is 36.3 Å². The summed E-state index contributed by atoms with van der Waals surface area (Å²) in [5.74, 6) is -0.0172. The highest BCUT2D eigenvalue weighted by Gasteiger charge is 2.26. The Bertz CT molecular complexity index is 465. The molecule has 1 aromatic rings. The third-order valence-corrected chi connectivity index (χ3v) is 5.22. The van der Waals surface area contributed by atoms with Gasteiger partial charge in [-0.1, -0.05) is 0 Å². The van der Waals surface area contributed by atoms with Gasteiger partial charge in [-0.05, 0) is 45.1 Å². The fourth-order valence-electron chi connectivity index (χ4n) is 3.06. The largest absolute Gasteiger partial charge is 0.395 e. The number of hydrogen-bond donors (Lipinski definition) is 2. The second-order valence-corrected chi connectivity index (χ2v) is 6.68. The minimum absolute atomic E-state index is 0.0172. The van der Waals surface area contributed by atoms with Crippen molar-refractivity contribution in [3.63, 3.8) is 0 Å². The minimum Gasteiger partial charge on any atom is -0.395 e. The molecular formula is C14H21N3O2S. The first kappa shape index (κ1) is 14.0. The maximum atomic E-state index is 12.1. The number of likely N-dealkylation sites (tertiary alicyclic amines) is 1. The Labute approximate surface area is 123 Å². The van der Waals surface area contributed by atoms with Crippen LogP contribution in [0, 0.1) is 0 Å². The molecule has 0 radical (unpaired) electrons. The Balaban J connectivity index is 1.57. The lowest BCUT2D eigenvalue weighted by Gasteiger charge is -2.21. The van der Waals surface area contributed by atoms with Crippen molar-refractivity contribution >= 4 is 22.4 Å². The highest BCUT2D eigenvalue weighted by atomic mass is 32.1. The number of fused-ring (bicyclic) bond motifs is 1. The van der Waals surface area contributed by atoms with Gasteiger partial charge in [-0.25, -0.2) is 4.98 Å². The van der Waals surface area contributed by atoms with E-state index in [1.54, 1.807) is 11.3 Å². The van der Waals surface area contributed by atoms with Gasteiger partial charge in [-0.2, -0.15) is 0 Å². The van der Waals surface area contributed by atoms with Crippen molar-refractivity contribution in [2.24, 2.45) is 0 Å². The molecule has 0 spiro atoms. The van der Waals surface area contributed by atoms with Gasteiger partial charge in [0.05, 0.1) is 18.8 Å². The summed E-state index contributed by atoms with van der Waals surface area (Å²) in [5, 5.41) is 12.9. The van der Waals surface area contributed by atoms with Crippen molar-refractivity contribution in [3.05, 3.63) is 10.6 Å². The normalized spacial score (nSPS) is 22.8. The Morgan fingerprint density at radius 2 is 2.25 bits per heavy atom. The average molecular weight is 295 g/mol. The molecule has 1 amide bonds. The molecule has 110 valence electrons. The molecule has 6 heteroatoms. The van der Waals surface area contributed by atoms with Crippen LogP contribution in [-0.2, 0) is 17.6 Å². The molecule has 1 aromatic heterocycles. The number of aliphatic hydroxyl groups excluding tert-OH is 1. The van der Waals surface area contributed by atoms with E-state index < -0.39 is 0 Å². The lowest BCUT2D eigenvalue weighted by atomic mass is 10.0. The van der Waals surface area contributed by atoms with E-state index in [2.05, 4.69) is 15.2 Å². The van der Waals surface area contributed by atoms with Gasteiger partial charge >= 0.3 is 0 Å². The first-order valence-corrected chi connectivity index (χ1v) is 8.21. The Hall–Kier alpha value is -0.980. The minimum atomic E-state index is -0.0172. The number of anilines is 1. The van der Waals surface area contributed by atoms with Crippen LogP contribution >= 0.6 is 11.3 Å². The van der Waals surface area contributed by atoms with Crippen molar-refractivity contribution in [2.45, 2.75) is 44.6 Å². The number of nitrogens with zero attached hydrogens (tertiary/aromatic N) is 2. The summed E-state index contributed by atoms with van der Waals surface area (Å²) in [7, 11) is 0. The molecule has 1 aliphatic carbocycles. The number of thiazole rings is 1. The molecule has 2 heterocycles. The van der Waals surface area contributed by atoms with E-state index >= 15 is 0 Å². The molecule has 1 unspecified atom stereocenters. The van der Waals surface area contributed by atoms with Gasteiger partial charge in [0.15, 0.2) is 5.13 Å². The summed E-state index contributed by atoms with van der Waals surface area (Å²) in [6.07, 6.45) is 6.62. The SMILES string of the molecule is O=C(CN1CCCC1CO)Nc1nc2c(s1)CCCC2. The number of aryl methyl sites for hydroxylation is 2. The van der Waals surface area contributed by atoms with E-state index in [0.717, 1.165) is 37.4 Å². The molecule has 2 N–H and O–H groups in total. The Morgan fingerprint density at radius 3 is 3.05 bits per heavy atom. The lowest BCUT2D eigenvalue weighted by molar-refractivity contribution is -0.117. The topological polar surface area (TPSA) is 65.5 Å². The summed E-state index contributed by atoms with van der Waals surface area (Å²) >= 11 is 1.62. The summed E-state index contributed by atoms with van der Waals surface area (Å²) in [4.78, 5) is 20.0. The number of hydrogen-bond acceptors (Lipinski definition) is 5. The van der Waals surface area contributed by atoms with E-state index in [-0.39, 0.29) is 18.6 Å². The molecule has 2 aliphatic rings. The monoisotopic (exact) mass is 295 g/mol. The quantitative estimate of drug-likeness (QED) is 0.881. The van der Waals surface area contributed by atoms with Gasteiger partial charge < -0.3 is 10.4 Å². The third-order valence-electron chi connectivity index (χ3n) is 4.15. The lowest BCUT2D eigenvalue weighted by Crippen LogP contribution is -2.38. The highest BCUT2D eigenvalue weighted by Crippen LogP contribution is 2.29. The second-order valence-electron chi connectivity index (χ2n) is 5.59. The summed E-state index contributed by atoms with van der Waals surface area (Å²) in [6.45, 7) is 1.39. The van der Waals surface area contributed by atoms with Crippen LogP contribution in [0.4, 0.5) is 5.13 Å². The number of amides is 1. The van der Waals surface area contributed by atoms with Gasteiger partial charge in [-0.15, -0.1) is 11.3 Å². The first-order chi connectivity index (χ1) is 9.76. The van der Waals surface area contributed by atoms with E-state index in [1.165, 1.54) is 23.4 Å². The van der Waals surface area contributed by atoms with Gasteiger partial charge in [0.25, 0.3) is 0 Å². The smallest absolute Gasteiger partial charge is 0.240 e. The molecular weight excluding hydrogens is 274 g/mol. The number of aliphatic hydroxyl groups is 1. The van der Waals surface area contributed by atoms with Crippen molar-refractivity contribution in [3.8, 4) is 0 Å². The molecule has 1 fully saturated rings. The van der Waals surface area contributed by atoms with Crippen LogP contribution in [0.3, 0.4) is 0 Å². The van der Waals surface area contributed by atoms with E-state index in [0.29, 0.717) is 6.54 Å². The predicted octanol–water partition coefficient (Wildman–Crippen LogP) is 1.42. The highest BCUT2D eigenvalue weighted by molar-refractivity contribution is 7.15. The van der Waals surface area contributed by atoms with E-state index in [4.69, 9.17) is 0 Å². The molecule has 0 bridgehead atoms. The maximum Gasteiger partial charge on any atom is 0.240 e. The molecule has 0 aromatic carbocycles. The number of rotatable bonds is 4. The van der Waals surface area contributed by atoms with Gasteiger partial charge in [-0.3, -0.25) is 9.69 Å². The van der Waals surface area contributed by atoms with Crippen LogP contribution in [-0.4, -0.2) is 46.6 Å². The maximum absolute atomic E-state index is 12.1. The van der Waals surface area contributed by atoms with Crippen molar-refractivity contribution in [2.75, 3.05) is 25.0 Å². The summed E-state index contributed by atoms with van der Waals surface area (Å²) in [6, 6.07) is 0.144.